The normalized spacial score (nSPS) is 17.7. The molecule has 6 nitrogen and oxygen atoms in total. The van der Waals surface area contributed by atoms with Gasteiger partial charge in [0.15, 0.2) is 0 Å². The second-order valence-corrected chi connectivity index (χ2v) is 6.82. The first kappa shape index (κ1) is 18.3. The maximum absolute atomic E-state index is 12.3. The first-order valence-corrected chi connectivity index (χ1v) is 9.29. The Bertz CT molecular complexity index is 689. The molecule has 1 amide bonds. The fourth-order valence-electron chi connectivity index (χ4n) is 3.29. The van der Waals surface area contributed by atoms with Crippen LogP contribution in [0.2, 0.25) is 0 Å². The van der Waals surface area contributed by atoms with Gasteiger partial charge in [0.2, 0.25) is 0 Å². The van der Waals surface area contributed by atoms with Crippen LogP contribution in [0, 0.1) is 0 Å². The Hall–Kier alpha value is -2.47. The summed E-state index contributed by atoms with van der Waals surface area (Å²) >= 11 is 0. The highest BCUT2D eigenvalue weighted by Crippen LogP contribution is 2.17. The van der Waals surface area contributed by atoms with Crippen molar-refractivity contribution in [1.29, 1.82) is 0 Å². The minimum absolute atomic E-state index is 0.0604. The van der Waals surface area contributed by atoms with E-state index in [-0.39, 0.29) is 5.91 Å². The van der Waals surface area contributed by atoms with Crippen LogP contribution in [0.25, 0.3) is 0 Å². The molecule has 0 spiro atoms. The van der Waals surface area contributed by atoms with E-state index in [1.54, 1.807) is 18.5 Å². The third-order valence-electron chi connectivity index (χ3n) is 4.91. The van der Waals surface area contributed by atoms with E-state index < -0.39 is 0 Å². The van der Waals surface area contributed by atoms with Crippen LogP contribution in [-0.2, 0) is 6.54 Å². The largest absolute Gasteiger partial charge is 0.366 e. The van der Waals surface area contributed by atoms with Crippen molar-refractivity contribution in [2.45, 2.75) is 38.3 Å². The minimum atomic E-state index is -0.0604. The summed E-state index contributed by atoms with van der Waals surface area (Å²) in [6.45, 7) is 2.52. The quantitative estimate of drug-likeness (QED) is 0.801. The van der Waals surface area contributed by atoms with E-state index >= 15 is 0 Å². The Morgan fingerprint density at radius 1 is 1.27 bits per heavy atom. The number of pyridine rings is 2. The van der Waals surface area contributed by atoms with Gasteiger partial charge in [-0.1, -0.05) is 12.5 Å². The Balaban J connectivity index is 1.43. The Labute approximate surface area is 155 Å². The molecule has 0 unspecified atom stereocenters. The van der Waals surface area contributed by atoms with Crippen LogP contribution in [0.4, 0.5) is 5.82 Å². The molecule has 3 heterocycles. The van der Waals surface area contributed by atoms with E-state index in [1.165, 1.54) is 19.3 Å². The lowest BCUT2D eigenvalue weighted by Crippen LogP contribution is -2.39. The van der Waals surface area contributed by atoms with Gasteiger partial charge in [-0.05, 0) is 56.6 Å². The number of piperidine rings is 1. The van der Waals surface area contributed by atoms with Gasteiger partial charge >= 0.3 is 0 Å². The molecule has 1 fully saturated rings. The van der Waals surface area contributed by atoms with Crippen molar-refractivity contribution < 1.29 is 4.79 Å². The Morgan fingerprint density at radius 3 is 2.92 bits per heavy atom. The lowest BCUT2D eigenvalue weighted by atomic mass is 10.0. The third kappa shape index (κ3) is 5.26. The summed E-state index contributed by atoms with van der Waals surface area (Å²) in [5.74, 6) is 0.684. The van der Waals surface area contributed by atoms with Crippen LogP contribution in [0.3, 0.4) is 0 Å². The number of carbonyl (C=O) groups excluding carboxylic acids is 1. The lowest BCUT2D eigenvalue weighted by molar-refractivity contribution is 0.0945. The van der Waals surface area contributed by atoms with Crippen LogP contribution in [-0.4, -0.2) is 47.0 Å². The highest BCUT2D eigenvalue weighted by Gasteiger charge is 2.18. The van der Waals surface area contributed by atoms with E-state index in [4.69, 9.17) is 0 Å². The molecule has 0 bridgehead atoms. The second kappa shape index (κ2) is 9.29. The molecule has 1 saturated heterocycles. The van der Waals surface area contributed by atoms with Crippen molar-refractivity contribution in [3.8, 4) is 0 Å². The molecule has 1 atom stereocenters. The first-order chi connectivity index (χ1) is 12.7. The van der Waals surface area contributed by atoms with Gasteiger partial charge < -0.3 is 15.5 Å². The van der Waals surface area contributed by atoms with E-state index in [0.29, 0.717) is 24.7 Å². The van der Waals surface area contributed by atoms with Crippen molar-refractivity contribution in [1.82, 2.24) is 20.2 Å². The smallest absolute Gasteiger partial charge is 0.252 e. The number of aromatic nitrogens is 2. The van der Waals surface area contributed by atoms with E-state index in [1.807, 2.05) is 24.4 Å². The van der Waals surface area contributed by atoms with E-state index in [0.717, 1.165) is 24.3 Å². The summed E-state index contributed by atoms with van der Waals surface area (Å²) in [5, 5.41) is 6.24. The number of likely N-dealkylation sites (tertiary alicyclic amines) is 1. The molecule has 6 heteroatoms. The molecule has 0 aliphatic carbocycles. The summed E-state index contributed by atoms with van der Waals surface area (Å²) in [5.41, 5.74) is 1.68. The second-order valence-electron chi connectivity index (χ2n) is 6.82. The Morgan fingerprint density at radius 2 is 2.19 bits per heavy atom. The zero-order chi connectivity index (χ0) is 18.2. The van der Waals surface area contributed by atoms with Gasteiger partial charge in [-0.2, -0.15) is 0 Å². The summed E-state index contributed by atoms with van der Waals surface area (Å²) in [6, 6.07) is 8.14. The number of hydrogen-bond acceptors (Lipinski definition) is 5. The molecule has 0 radical (unpaired) electrons. The van der Waals surface area contributed by atoms with E-state index in [9.17, 15) is 4.79 Å². The molecule has 2 aromatic heterocycles. The highest BCUT2D eigenvalue weighted by molar-refractivity contribution is 5.94. The van der Waals surface area contributed by atoms with Crippen LogP contribution < -0.4 is 10.6 Å². The average molecular weight is 353 g/mol. The van der Waals surface area contributed by atoms with Crippen LogP contribution in [0.1, 0.15) is 41.6 Å². The van der Waals surface area contributed by atoms with Gasteiger partial charge in [0.1, 0.15) is 5.82 Å². The molecule has 0 saturated carbocycles. The maximum Gasteiger partial charge on any atom is 0.252 e. The van der Waals surface area contributed by atoms with Gasteiger partial charge in [-0.25, -0.2) is 4.98 Å². The van der Waals surface area contributed by atoms with Gasteiger partial charge in [0.05, 0.1) is 5.56 Å². The minimum Gasteiger partial charge on any atom is -0.366 e. The zero-order valence-electron chi connectivity index (χ0n) is 15.3. The van der Waals surface area contributed by atoms with Crippen molar-refractivity contribution in [3.63, 3.8) is 0 Å². The molecule has 2 aromatic rings. The fourth-order valence-corrected chi connectivity index (χ4v) is 3.29. The van der Waals surface area contributed by atoms with Crippen LogP contribution >= 0.6 is 0 Å². The summed E-state index contributed by atoms with van der Waals surface area (Å²) in [4.78, 5) is 23.1. The topological polar surface area (TPSA) is 70.2 Å². The molecular weight excluding hydrogens is 326 g/mol. The van der Waals surface area contributed by atoms with Gasteiger partial charge in [-0.3, -0.25) is 9.78 Å². The molecule has 138 valence electrons. The number of nitrogens with one attached hydrogen (secondary N) is 2. The molecule has 1 aliphatic heterocycles. The zero-order valence-corrected chi connectivity index (χ0v) is 15.3. The monoisotopic (exact) mass is 353 g/mol. The molecule has 3 rings (SSSR count). The highest BCUT2D eigenvalue weighted by atomic mass is 16.1. The number of carbonyl (C=O) groups is 1. The van der Waals surface area contributed by atoms with Crippen molar-refractivity contribution in [2.75, 3.05) is 25.5 Å². The van der Waals surface area contributed by atoms with E-state index in [2.05, 4.69) is 32.5 Å². The fraction of sp³-hybridized carbons (Fsp3) is 0.450. The first-order valence-electron chi connectivity index (χ1n) is 9.29. The number of hydrogen-bond donors (Lipinski definition) is 2. The number of amides is 1. The Kier molecular flexibility index (Phi) is 6.55. The standard InChI is InChI=1S/C20H27N5O/c1-25-12-3-2-6-18(25)9-11-22-20(26)17-7-8-19(24-15-17)23-14-16-5-4-10-21-13-16/h4-5,7-8,10,13,15,18H,2-3,6,9,11-12,14H2,1H3,(H,22,26)(H,23,24)/t18-/m0/s1. The van der Waals surface area contributed by atoms with Gasteiger partial charge in [-0.15, -0.1) is 0 Å². The number of nitrogens with zero attached hydrogens (tertiary/aromatic N) is 3. The van der Waals surface area contributed by atoms with Crippen molar-refractivity contribution in [3.05, 3.63) is 54.0 Å². The molecule has 26 heavy (non-hydrogen) atoms. The summed E-state index contributed by atoms with van der Waals surface area (Å²) < 4.78 is 0. The average Bonchev–Trinajstić information content (AvgIpc) is 2.69. The predicted octanol–water partition coefficient (Wildman–Crippen LogP) is 2.69. The van der Waals surface area contributed by atoms with Crippen molar-refractivity contribution >= 4 is 11.7 Å². The summed E-state index contributed by atoms with van der Waals surface area (Å²) in [6.07, 6.45) is 9.99. The maximum atomic E-state index is 12.3. The van der Waals surface area contributed by atoms with Gasteiger partial charge in [0, 0.05) is 37.7 Å². The number of rotatable bonds is 7. The molecular formula is C20H27N5O. The molecule has 1 aliphatic rings. The SMILES string of the molecule is CN1CCCC[C@H]1CCNC(=O)c1ccc(NCc2cccnc2)nc1. The van der Waals surface area contributed by atoms with Gasteiger partial charge in [0.25, 0.3) is 5.91 Å². The van der Waals surface area contributed by atoms with Crippen molar-refractivity contribution in [2.24, 2.45) is 0 Å². The third-order valence-corrected chi connectivity index (χ3v) is 4.91. The van der Waals surface area contributed by atoms with Crippen LogP contribution in [0.5, 0.6) is 0 Å². The summed E-state index contributed by atoms with van der Waals surface area (Å²) in [7, 11) is 2.17. The lowest BCUT2D eigenvalue weighted by Gasteiger charge is -2.32. The molecule has 0 aromatic carbocycles. The predicted molar refractivity (Wildman–Crippen MR) is 103 cm³/mol. The van der Waals surface area contributed by atoms with Crippen LogP contribution in [0.15, 0.2) is 42.9 Å². The number of anilines is 1. The molecule has 2 N–H and O–H groups in total.